The molecule has 624 valence electrons. The van der Waals surface area contributed by atoms with Gasteiger partial charge in [0.05, 0.1) is 26.4 Å². The molecule has 19 heteroatoms. The maximum absolute atomic E-state index is 13.1. The van der Waals surface area contributed by atoms with E-state index >= 15 is 0 Å². The lowest BCUT2D eigenvalue weighted by molar-refractivity contribution is -0.161. The fourth-order valence-electron chi connectivity index (χ4n) is 9.49. The molecule has 0 spiro atoms. The van der Waals surface area contributed by atoms with Gasteiger partial charge in [0, 0.05) is 25.7 Å². The van der Waals surface area contributed by atoms with Crippen LogP contribution in [0.2, 0.25) is 0 Å². The van der Waals surface area contributed by atoms with Crippen LogP contribution in [-0.4, -0.2) is 96.7 Å². The lowest BCUT2D eigenvalue weighted by Gasteiger charge is -2.21. The van der Waals surface area contributed by atoms with Crippen LogP contribution < -0.4 is 0 Å². The molecule has 0 amide bonds. The van der Waals surface area contributed by atoms with Crippen molar-refractivity contribution < 1.29 is 80.2 Å². The van der Waals surface area contributed by atoms with Crippen LogP contribution in [-0.2, 0) is 65.4 Å². The Kier molecular flexibility index (Phi) is 76.2. The van der Waals surface area contributed by atoms with Crippen molar-refractivity contribution in [2.24, 2.45) is 0 Å². The molecule has 0 aromatic rings. The molecule has 0 rings (SSSR count). The number of rotatable bonds is 73. The minimum atomic E-state index is -5.04. The van der Waals surface area contributed by atoms with Gasteiger partial charge in [-0.2, -0.15) is 0 Å². The molecule has 0 aromatic carbocycles. The predicted molar refractivity (Wildman–Crippen MR) is 463 cm³/mol. The number of phosphoric ester groups is 2. The highest BCUT2D eigenvalue weighted by molar-refractivity contribution is 7.47. The lowest BCUT2D eigenvalue weighted by atomic mass is 10.1. The fraction of sp³-hybridized carbons (Fsp3) is 0.505. The first kappa shape index (κ1) is 105. The number of unbranched alkanes of at least 4 members (excludes halogenated alkanes) is 5. The minimum Gasteiger partial charge on any atom is -0.462 e. The summed E-state index contributed by atoms with van der Waals surface area (Å²) in [7, 11) is -10.1. The van der Waals surface area contributed by atoms with E-state index in [2.05, 4.69) is 228 Å². The van der Waals surface area contributed by atoms with Crippen molar-refractivity contribution in [1.29, 1.82) is 0 Å². The summed E-state index contributed by atoms with van der Waals surface area (Å²) in [6.45, 7) is 4.08. The molecule has 5 atom stereocenters. The number of allylic oxidation sites excluding steroid dienone is 42. The molecule has 0 fully saturated rings. The number of hydrogen-bond acceptors (Lipinski definition) is 15. The summed E-state index contributed by atoms with van der Waals surface area (Å²) in [6.07, 6.45) is 109. The maximum Gasteiger partial charge on any atom is 0.472 e. The van der Waals surface area contributed by atoms with E-state index in [-0.39, 0.29) is 25.7 Å². The number of aliphatic hydroxyl groups excluding tert-OH is 1. The SMILES string of the molecule is CC/C=C\C/C=C\C/C=C\C/C=C\C/C=C\C/C=C\CCC(=O)OCC(COP(=O)(O)OCC(O)COP(=O)(O)OCC(COC(=O)CC/C=C\C/C=C\C/C=C\C/C=C\C/C=C\C/C=C\CC)OC(=O)CCCCCCC/C=C\C/C=C\C/C=C\CC)OC(=O)CC/C=C\C/C=C\C/C=C\C/C=C\C/C=C\C/C=C\CC. The van der Waals surface area contributed by atoms with Gasteiger partial charge in [0.25, 0.3) is 0 Å². The number of hydrogen-bond donors (Lipinski definition) is 3. The highest BCUT2D eigenvalue weighted by Crippen LogP contribution is 2.45. The zero-order valence-electron chi connectivity index (χ0n) is 68.2. The van der Waals surface area contributed by atoms with Crippen LogP contribution >= 0.6 is 15.6 Å². The molecule has 0 aliphatic heterocycles. The highest BCUT2D eigenvalue weighted by Gasteiger charge is 2.30. The smallest absolute Gasteiger partial charge is 0.462 e. The first-order valence-corrected chi connectivity index (χ1v) is 43.9. The summed E-state index contributed by atoms with van der Waals surface area (Å²) in [5.41, 5.74) is 0. The van der Waals surface area contributed by atoms with E-state index in [1.807, 2.05) is 54.7 Å². The summed E-state index contributed by atoms with van der Waals surface area (Å²) >= 11 is 0. The fourth-order valence-corrected chi connectivity index (χ4v) is 11.1. The zero-order chi connectivity index (χ0) is 81.7. The molecule has 17 nitrogen and oxygen atoms in total. The van der Waals surface area contributed by atoms with Crippen molar-refractivity contribution in [2.45, 2.75) is 264 Å². The molecule has 3 N–H and O–H groups in total. The second-order valence-electron chi connectivity index (χ2n) is 25.8. The average molecular weight is 1590 g/mol. The second kappa shape index (κ2) is 81.6. The van der Waals surface area contributed by atoms with Gasteiger partial charge >= 0.3 is 39.5 Å². The lowest BCUT2D eigenvalue weighted by Crippen LogP contribution is -2.30. The van der Waals surface area contributed by atoms with Crippen molar-refractivity contribution in [2.75, 3.05) is 39.6 Å². The van der Waals surface area contributed by atoms with Gasteiger partial charge in [0.15, 0.2) is 12.2 Å². The highest BCUT2D eigenvalue weighted by atomic mass is 31.2. The Hall–Kier alpha value is -7.40. The number of esters is 4. The second-order valence-corrected chi connectivity index (χ2v) is 28.7. The Balaban J connectivity index is 5.63. The van der Waals surface area contributed by atoms with Gasteiger partial charge in [0.1, 0.15) is 19.3 Å². The van der Waals surface area contributed by atoms with Gasteiger partial charge in [0.2, 0.25) is 0 Å². The molecule has 0 bridgehead atoms. The standard InChI is InChI=1S/C93H140O17P2/c1-5-9-13-17-21-25-29-33-37-40-43-46-50-53-57-61-65-69-73-77-90(95)103-83-88(109-92(97)79-75-71-67-63-59-55-49-36-32-28-24-20-16-12-8-4)85-107-111(99,100)105-81-87(94)82-106-112(101,102)108-86-89(110-93(98)80-76-72-68-64-60-56-52-48-45-42-39-35-31-27-23-19-15-11-7-3)84-104-91(96)78-74-70-66-62-58-54-51-47-44-41-38-34-30-26-22-18-14-10-6-2/h9-16,21-28,33-39,43-49,53-54,56-58,60,65-66,68-70,72,87-89,94H,5-8,17-20,29-32,40-42,50-52,55,59,61-64,67,71,73-86H2,1-4H3,(H,99,100)(H,101,102)/b13-9-,14-10-,15-11-,16-12-,25-21-,26-22-,27-23-,28-24-,37-33-,38-34-,39-35-,46-43-,47-44-,48-45-,49-36-,57-53-,58-54-,60-56-,69-65-,70-66-,72-68-. The zero-order valence-corrected chi connectivity index (χ0v) is 70.0. The predicted octanol–water partition coefficient (Wildman–Crippen LogP) is 24.5. The Morgan fingerprint density at radius 2 is 0.455 bits per heavy atom. The van der Waals surface area contributed by atoms with Crippen LogP contribution in [0.25, 0.3) is 0 Å². The van der Waals surface area contributed by atoms with E-state index in [0.717, 1.165) is 148 Å². The summed E-state index contributed by atoms with van der Waals surface area (Å²) in [5.74, 6) is -2.53. The number of aliphatic hydroxyl groups is 1. The van der Waals surface area contributed by atoms with E-state index in [1.165, 1.54) is 0 Å². The number of phosphoric acid groups is 2. The van der Waals surface area contributed by atoms with Crippen molar-refractivity contribution >= 4 is 39.5 Å². The average Bonchev–Trinajstić information content (AvgIpc) is 0.898. The van der Waals surface area contributed by atoms with E-state index in [9.17, 15) is 43.2 Å². The third-order valence-corrected chi connectivity index (χ3v) is 17.4. The van der Waals surface area contributed by atoms with Gasteiger partial charge in [-0.05, 0) is 173 Å². The molecule has 0 saturated heterocycles. The van der Waals surface area contributed by atoms with Crippen molar-refractivity contribution in [3.63, 3.8) is 0 Å². The number of ether oxygens (including phenoxy) is 4. The van der Waals surface area contributed by atoms with Crippen LogP contribution in [0.4, 0.5) is 0 Å². The van der Waals surface area contributed by atoms with Crippen LogP contribution in [0.3, 0.4) is 0 Å². The number of carbonyl (C=O) groups excluding carboxylic acids is 4. The van der Waals surface area contributed by atoms with Crippen LogP contribution in [0.1, 0.15) is 246 Å². The van der Waals surface area contributed by atoms with Crippen molar-refractivity contribution in [3.05, 3.63) is 255 Å². The molecule has 0 heterocycles. The Morgan fingerprint density at radius 1 is 0.250 bits per heavy atom. The maximum atomic E-state index is 13.1. The summed E-state index contributed by atoms with van der Waals surface area (Å²) in [4.78, 5) is 73.1. The van der Waals surface area contributed by atoms with Gasteiger partial charge in [-0.3, -0.25) is 37.3 Å². The molecular weight excluding hydrogens is 1450 g/mol. The molecule has 112 heavy (non-hydrogen) atoms. The molecule has 5 unspecified atom stereocenters. The van der Waals surface area contributed by atoms with Crippen LogP contribution in [0.5, 0.6) is 0 Å². The van der Waals surface area contributed by atoms with E-state index < -0.39 is 97.5 Å². The van der Waals surface area contributed by atoms with Crippen LogP contribution in [0.15, 0.2) is 255 Å². The normalized spacial score (nSPS) is 15.1. The van der Waals surface area contributed by atoms with E-state index in [4.69, 9.17) is 37.0 Å². The molecule has 0 aliphatic carbocycles. The third kappa shape index (κ3) is 80.6. The quantitative estimate of drug-likeness (QED) is 0.0169. The topological polar surface area (TPSA) is 237 Å². The summed E-state index contributed by atoms with van der Waals surface area (Å²) < 4.78 is 68.4. The van der Waals surface area contributed by atoms with Crippen molar-refractivity contribution in [3.8, 4) is 0 Å². The Labute approximate surface area is 675 Å². The summed E-state index contributed by atoms with van der Waals surface area (Å²) in [6, 6.07) is 0. The first-order valence-electron chi connectivity index (χ1n) is 40.9. The minimum absolute atomic E-state index is 0.00629. The van der Waals surface area contributed by atoms with Gasteiger partial charge < -0.3 is 33.8 Å². The van der Waals surface area contributed by atoms with Gasteiger partial charge in [-0.15, -0.1) is 0 Å². The van der Waals surface area contributed by atoms with E-state index in [1.54, 1.807) is 0 Å². The molecule has 0 radical (unpaired) electrons. The monoisotopic (exact) mass is 1590 g/mol. The Bertz CT molecular complexity index is 3140. The largest absolute Gasteiger partial charge is 0.472 e. The van der Waals surface area contributed by atoms with Crippen LogP contribution in [0, 0.1) is 0 Å². The molecule has 0 aromatic heterocycles. The van der Waals surface area contributed by atoms with Crippen molar-refractivity contribution in [1.82, 2.24) is 0 Å². The number of carbonyl (C=O) groups is 4. The third-order valence-electron chi connectivity index (χ3n) is 15.5. The van der Waals surface area contributed by atoms with Gasteiger partial charge in [-0.25, -0.2) is 9.13 Å². The Morgan fingerprint density at radius 3 is 0.723 bits per heavy atom. The molecule has 0 aliphatic rings. The first-order chi connectivity index (χ1) is 54.7. The summed E-state index contributed by atoms with van der Waals surface area (Å²) in [5, 5.41) is 10.7. The molecule has 0 saturated carbocycles. The molecular formula is C93H140O17P2. The van der Waals surface area contributed by atoms with E-state index in [0.29, 0.717) is 44.9 Å². The van der Waals surface area contributed by atoms with Gasteiger partial charge in [-0.1, -0.05) is 302 Å².